The van der Waals surface area contributed by atoms with Gasteiger partial charge in [-0.15, -0.1) is 0 Å². The summed E-state index contributed by atoms with van der Waals surface area (Å²) in [6, 6.07) is 4.80. The lowest BCUT2D eigenvalue weighted by molar-refractivity contribution is -0.106. The molecule has 0 aliphatic carbocycles. The lowest BCUT2D eigenvalue weighted by Crippen LogP contribution is -2.25. The predicted octanol–water partition coefficient (Wildman–Crippen LogP) is 4.82. The molecule has 1 saturated heterocycles. The van der Waals surface area contributed by atoms with Gasteiger partial charge in [0.1, 0.15) is 11.6 Å². The molecule has 2 rings (SSSR count). The van der Waals surface area contributed by atoms with Crippen LogP contribution in [-0.2, 0) is 4.74 Å². The first-order chi connectivity index (χ1) is 8.65. The van der Waals surface area contributed by atoms with Crippen LogP contribution in [0.2, 0.25) is 0 Å². The number of benzene rings is 1. The van der Waals surface area contributed by atoms with Crippen LogP contribution in [0.3, 0.4) is 0 Å². The molecule has 1 aromatic carbocycles. The summed E-state index contributed by atoms with van der Waals surface area (Å²) in [5.41, 5.74) is 0.496. The summed E-state index contributed by atoms with van der Waals surface area (Å²) in [7, 11) is 0. The Morgan fingerprint density at radius 2 is 2.22 bits per heavy atom. The fraction of sp³-hybridized carbons (Fsp3) is 0.385. The molecule has 0 spiro atoms. The molecule has 0 bridgehead atoms. The summed E-state index contributed by atoms with van der Waals surface area (Å²) < 4.78 is 25.5. The summed E-state index contributed by atoms with van der Waals surface area (Å²) in [5, 5.41) is 0. The van der Waals surface area contributed by atoms with Crippen LogP contribution in [0.1, 0.15) is 24.8 Å². The second-order valence-corrected chi connectivity index (χ2v) is 6.80. The van der Waals surface area contributed by atoms with E-state index in [0.717, 1.165) is 19.3 Å². The fourth-order valence-corrected chi connectivity index (χ4v) is 2.26. The minimum Gasteiger partial charge on any atom is -0.465 e. The SMILES string of the molecule is Fc1cc(OC2CCCCO2)ccc1C=C(Br)Br. The molecule has 2 nitrogen and oxygen atoms in total. The van der Waals surface area contributed by atoms with Gasteiger partial charge in [-0.2, -0.15) is 0 Å². The van der Waals surface area contributed by atoms with Gasteiger partial charge in [-0.25, -0.2) is 4.39 Å². The van der Waals surface area contributed by atoms with Crippen LogP contribution in [0.15, 0.2) is 21.6 Å². The van der Waals surface area contributed by atoms with Crippen LogP contribution in [0, 0.1) is 5.82 Å². The van der Waals surface area contributed by atoms with Gasteiger partial charge in [-0.05, 0) is 62.9 Å². The average Bonchev–Trinajstić information content (AvgIpc) is 2.33. The van der Waals surface area contributed by atoms with E-state index in [2.05, 4.69) is 31.9 Å². The first-order valence-electron chi connectivity index (χ1n) is 5.75. The van der Waals surface area contributed by atoms with E-state index < -0.39 is 0 Å². The molecule has 98 valence electrons. The molecular weight excluding hydrogens is 367 g/mol. The fourth-order valence-electron chi connectivity index (χ4n) is 1.77. The molecule has 1 aliphatic heterocycles. The van der Waals surface area contributed by atoms with E-state index in [1.165, 1.54) is 6.07 Å². The van der Waals surface area contributed by atoms with Crippen molar-refractivity contribution in [2.45, 2.75) is 25.6 Å². The molecule has 5 heteroatoms. The van der Waals surface area contributed by atoms with Crippen LogP contribution in [-0.4, -0.2) is 12.9 Å². The lowest BCUT2D eigenvalue weighted by atomic mass is 10.2. The third kappa shape index (κ3) is 4.07. The second-order valence-electron chi connectivity index (χ2n) is 4.03. The van der Waals surface area contributed by atoms with Gasteiger partial charge in [0, 0.05) is 18.1 Å². The van der Waals surface area contributed by atoms with Gasteiger partial charge >= 0.3 is 0 Å². The number of hydrogen-bond donors (Lipinski definition) is 0. The molecule has 1 unspecified atom stereocenters. The maximum Gasteiger partial charge on any atom is 0.199 e. The monoisotopic (exact) mass is 378 g/mol. The molecule has 0 saturated carbocycles. The summed E-state index contributed by atoms with van der Waals surface area (Å²) >= 11 is 6.41. The molecule has 1 aliphatic rings. The van der Waals surface area contributed by atoms with Crippen molar-refractivity contribution in [2.24, 2.45) is 0 Å². The van der Waals surface area contributed by atoms with E-state index in [4.69, 9.17) is 9.47 Å². The molecule has 0 radical (unpaired) electrons. The van der Waals surface area contributed by atoms with Crippen molar-refractivity contribution in [3.05, 3.63) is 33.0 Å². The highest BCUT2D eigenvalue weighted by atomic mass is 79.9. The van der Waals surface area contributed by atoms with Crippen LogP contribution in [0.4, 0.5) is 4.39 Å². The summed E-state index contributed by atoms with van der Waals surface area (Å²) in [6.07, 6.45) is 4.41. The van der Waals surface area contributed by atoms with E-state index in [0.29, 0.717) is 21.3 Å². The van der Waals surface area contributed by atoms with Crippen molar-refractivity contribution in [2.75, 3.05) is 6.61 Å². The summed E-state index contributed by atoms with van der Waals surface area (Å²) in [4.78, 5) is 0. The van der Waals surface area contributed by atoms with Crippen molar-refractivity contribution in [1.29, 1.82) is 0 Å². The molecular formula is C13H13Br2FO2. The summed E-state index contributed by atoms with van der Waals surface area (Å²) in [6.45, 7) is 0.713. The Morgan fingerprint density at radius 3 is 2.83 bits per heavy atom. The highest BCUT2D eigenvalue weighted by molar-refractivity contribution is 9.28. The Morgan fingerprint density at radius 1 is 1.39 bits per heavy atom. The van der Waals surface area contributed by atoms with Gasteiger partial charge in [0.2, 0.25) is 0 Å². The molecule has 0 amide bonds. The van der Waals surface area contributed by atoms with Gasteiger partial charge in [0.15, 0.2) is 6.29 Å². The highest BCUT2D eigenvalue weighted by Crippen LogP contribution is 2.25. The van der Waals surface area contributed by atoms with E-state index in [1.807, 2.05) is 0 Å². The largest absolute Gasteiger partial charge is 0.465 e. The smallest absolute Gasteiger partial charge is 0.199 e. The third-order valence-corrected chi connectivity index (χ3v) is 3.10. The van der Waals surface area contributed by atoms with Crippen LogP contribution in [0.5, 0.6) is 5.75 Å². The Bertz CT molecular complexity index is 439. The maximum absolute atomic E-state index is 13.8. The van der Waals surface area contributed by atoms with E-state index >= 15 is 0 Å². The standard InChI is InChI=1S/C13H13Br2FO2/c14-12(15)7-9-4-5-10(8-11(9)16)18-13-3-1-2-6-17-13/h4-5,7-8,13H,1-3,6H2. The molecule has 18 heavy (non-hydrogen) atoms. The van der Waals surface area contributed by atoms with Gasteiger partial charge < -0.3 is 9.47 Å². The first kappa shape index (κ1) is 14.0. The molecule has 0 N–H and O–H groups in total. The van der Waals surface area contributed by atoms with E-state index in [-0.39, 0.29) is 12.1 Å². The minimum atomic E-state index is -0.320. The quantitative estimate of drug-likeness (QED) is 0.749. The van der Waals surface area contributed by atoms with Crippen molar-refractivity contribution < 1.29 is 13.9 Å². The molecule has 1 atom stereocenters. The zero-order chi connectivity index (χ0) is 13.0. The lowest BCUT2D eigenvalue weighted by Gasteiger charge is -2.23. The molecule has 1 aromatic rings. The zero-order valence-electron chi connectivity index (χ0n) is 9.67. The Kier molecular flexibility index (Phi) is 5.21. The number of hydrogen-bond acceptors (Lipinski definition) is 2. The topological polar surface area (TPSA) is 18.5 Å². The van der Waals surface area contributed by atoms with Crippen molar-refractivity contribution in [3.8, 4) is 5.75 Å². The normalized spacial score (nSPS) is 19.4. The van der Waals surface area contributed by atoms with E-state index in [1.54, 1.807) is 18.2 Å². The van der Waals surface area contributed by atoms with Crippen molar-refractivity contribution in [1.82, 2.24) is 0 Å². The first-order valence-corrected chi connectivity index (χ1v) is 7.34. The Labute approximate surface area is 122 Å². The van der Waals surface area contributed by atoms with Crippen molar-refractivity contribution in [3.63, 3.8) is 0 Å². The molecule has 0 aromatic heterocycles. The van der Waals surface area contributed by atoms with Crippen molar-refractivity contribution >= 4 is 37.9 Å². The number of ether oxygens (including phenoxy) is 2. The van der Waals surface area contributed by atoms with Gasteiger partial charge in [-0.1, -0.05) is 0 Å². The Balaban J connectivity index is 2.06. The minimum absolute atomic E-state index is 0.248. The van der Waals surface area contributed by atoms with E-state index in [9.17, 15) is 4.39 Å². The van der Waals surface area contributed by atoms with Gasteiger partial charge in [-0.3, -0.25) is 0 Å². The number of halogens is 3. The summed E-state index contributed by atoms with van der Waals surface area (Å²) in [5.74, 6) is 0.182. The molecule has 1 heterocycles. The predicted molar refractivity (Wildman–Crippen MR) is 76.5 cm³/mol. The third-order valence-electron chi connectivity index (χ3n) is 2.64. The second kappa shape index (κ2) is 6.68. The average molecular weight is 380 g/mol. The van der Waals surface area contributed by atoms with Crippen LogP contribution in [0.25, 0.3) is 6.08 Å². The highest BCUT2D eigenvalue weighted by Gasteiger charge is 2.15. The zero-order valence-corrected chi connectivity index (χ0v) is 12.8. The maximum atomic E-state index is 13.8. The van der Waals surface area contributed by atoms with Crippen LogP contribution >= 0.6 is 31.9 Å². The molecule has 1 fully saturated rings. The van der Waals surface area contributed by atoms with Crippen LogP contribution < -0.4 is 4.74 Å². The number of rotatable bonds is 3. The van der Waals surface area contributed by atoms with Gasteiger partial charge in [0.05, 0.1) is 10.00 Å². The Hall–Kier alpha value is -0.390. The van der Waals surface area contributed by atoms with Gasteiger partial charge in [0.25, 0.3) is 0 Å².